The van der Waals surface area contributed by atoms with Crippen LogP contribution in [0.3, 0.4) is 0 Å². The van der Waals surface area contributed by atoms with Crippen molar-refractivity contribution in [2.24, 2.45) is 5.92 Å². The summed E-state index contributed by atoms with van der Waals surface area (Å²) >= 11 is 0. The summed E-state index contributed by atoms with van der Waals surface area (Å²) in [5, 5.41) is 3.95. The third kappa shape index (κ3) is 5.00. The van der Waals surface area contributed by atoms with Crippen molar-refractivity contribution in [2.75, 3.05) is 0 Å². The second kappa shape index (κ2) is 11.7. The smallest absolute Gasteiger partial charge is 0.0541 e. The standard InChI is InChI=1S/C49H44N2/c1-33-18-31-47-43(32-33)42-14-8-11-17-46(42)51(47)39-29-25-37(26-30-39)49(4,5)35-21-19-34(20-22-35)48(2,3)36-23-27-38(28-24-36)50-44-15-9-6-12-40(44)41-13-7-10-16-45(41)50/h6-31,33H,32H2,1-5H3. The van der Waals surface area contributed by atoms with E-state index < -0.39 is 0 Å². The topological polar surface area (TPSA) is 9.86 Å². The van der Waals surface area contributed by atoms with Crippen LogP contribution in [0.1, 0.15) is 68.1 Å². The van der Waals surface area contributed by atoms with E-state index >= 15 is 0 Å². The Kier molecular flexibility index (Phi) is 7.23. The summed E-state index contributed by atoms with van der Waals surface area (Å²) in [5.74, 6) is 0.565. The van der Waals surface area contributed by atoms with Gasteiger partial charge >= 0.3 is 0 Å². The number of nitrogens with zero attached hydrogens (tertiary/aromatic N) is 2. The maximum atomic E-state index is 2.44. The Balaban J connectivity index is 0.989. The van der Waals surface area contributed by atoms with Crippen molar-refractivity contribution in [2.45, 2.75) is 51.9 Å². The number of para-hydroxylation sites is 3. The van der Waals surface area contributed by atoms with Crippen molar-refractivity contribution in [3.8, 4) is 11.4 Å². The van der Waals surface area contributed by atoms with Gasteiger partial charge in [0, 0.05) is 44.1 Å². The molecule has 51 heavy (non-hydrogen) atoms. The zero-order chi connectivity index (χ0) is 34.9. The molecular weight excluding hydrogens is 617 g/mol. The van der Waals surface area contributed by atoms with Gasteiger partial charge < -0.3 is 9.13 Å². The lowest BCUT2D eigenvalue weighted by molar-refractivity contribution is 0.626. The van der Waals surface area contributed by atoms with Gasteiger partial charge in [0.25, 0.3) is 0 Å². The van der Waals surface area contributed by atoms with Crippen LogP contribution in [0, 0.1) is 5.92 Å². The van der Waals surface area contributed by atoms with E-state index in [0.29, 0.717) is 5.92 Å². The highest BCUT2D eigenvalue weighted by Gasteiger charge is 2.27. The second-order valence-corrected chi connectivity index (χ2v) is 15.5. The number of hydrogen-bond acceptors (Lipinski definition) is 0. The molecule has 0 aliphatic heterocycles. The molecule has 0 fully saturated rings. The van der Waals surface area contributed by atoms with Gasteiger partial charge in [-0.3, -0.25) is 0 Å². The summed E-state index contributed by atoms with van der Waals surface area (Å²) in [5.41, 5.74) is 13.9. The Hall–Kier alpha value is -5.60. The van der Waals surface area contributed by atoms with Gasteiger partial charge in [0.15, 0.2) is 0 Å². The van der Waals surface area contributed by atoms with E-state index in [9.17, 15) is 0 Å². The van der Waals surface area contributed by atoms with Crippen molar-refractivity contribution in [1.82, 2.24) is 9.13 Å². The average Bonchev–Trinajstić information content (AvgIpc) is 3.67. The molecule has 2 aromatic heterocycles. The Morgan fingerprint density at radius 3 is 1.29 bits per heavy atom. The first kappa shape index (κ1) is 31.4. The fourth-order valence-corrected chi connectivity index (χ4v) is 8.53. The van der Waals surface area contributed by atoms with Gasteiger partial charge in [-0.25, -0.2) is 0 Å². The maximum Gasteiger partial charge on any atom is 0.0541 e. The third-order valence-electron chi connectivity index (χ3n) is 11.7. The van der Waals surface area contributed by atoms with Gasteiger partial charge in [-0.2, -0.15) is 0 Å². The molecule has 0 bridgehead atoms. The van der Waals surface area contributed by atoms with Gasteiger partial charge in [-0.05, 0) is 88.7 Å². The SMILES string of the molecule is CC1C=Cc2c(c3ccccc3n2-c2ccc(C(C)(C)c3ccc(C(C)(C)c4ccc(-n5c6ccccc6c6ccccc65)cc4)cc3)cc2)C1. The van der Waals surface area contributed by atoms with Crippen LogP contribution in [0.5, 0.6) is 0 Å². The molecule has 0 saturated carbocycles. The fourth-order valence-electron chi connectivity index (χ4n) is 8.53. The van der Waals surface area contributed by atoms with Crippen LogP contribution in [0.4, 0.5) is 0 Å². The maximum absolute atomic E-state index is 2.44. The van der Waals surface area contributed by atoms with Crippen LogP contribution in [0.15, 0.2) is 152 Å². The lowest BCUT2D eigenvalue weighted by Gasteiger charge is -2.30. The van der Waals surface area contributed by atoms with E-state index in [1.807, 2.05) is 0 Å². The third-order valence-corrected chi connectivity index (χ3v) is 11.7. The van der Waals surface area contributed by atoms with Gasteiger partial charge in [-0.1, -0.05) is 144 Å². The normalized spacial score (nSPS) is 14.8. The van der Waals surface area contributed by atoms with Crippen LogP contribution in [0.2, 0.25) is 0 Å². The van der Waals surface area contributed by atoms with E-state index in [-0.39, 0.29) is 10.8 Å². The van der Waals surface area contributed by atoms with Gasteiger partial charge in [0.2, 0.25) is 0 Å². The molecule has 0 N–H and O–H groups in total. The van der Waals surface area contributed by atoms with E-state index in [2.05, 4.69) is 201 Å². The molecule has 0 saturated heterocycles. The molecule has 0 spiro atoms. The predicted octanol–water partition coefficient (Wildman–Crippen LogP) is 12.6. The summed E-state index contributed by atoms with van der Waals surface area (Å²) in [6.45, 7) is 11.7. The zero-order valence-corrected chi connectivity index (χ0v) is 30.2. The number of rotatable bonds is 6. The molecule has 0 amide bonds. The van der Waals surface area contributed by atoms with Gasteiger partial charge in [0.05, 0.1) is 16.6 Å². The molecular formula is C49H44N2. The predicted molar refractivity (Wildman–Crippen MR) is 217 cm³/mol. The van der Waals surface area contributed by atoms with Crippen molar-refractivity contribution in [3.63, 3.8) is 0 Å². The van der Waals surface area contributed by atoms with Crippen LogP contribution in [0.25, 0.3) is 50.2 Å². The Labute approximate surface area is 301 Å². The number of benzene rings is 6. The summed E-state index contributed by atoms with van der Waals surface area (Å²) < 4.78 is 4.83. The minimum absolute atomic E-state index is 0.140. The van der Waals surface area contributed by atoms with E-state index in [1.54, 1.807) is 0 Å². The van der Waals surface area contributed by atoms with Crippen molar-refractivity contribution >= 4 is 38.8 Å². The molecule has 1 aliphatic carbocycles. The molecule has 2 heteroatoms. The molecule has 9 rings (SSSR count). The minimum Gasteiger partial charge on any atom is -0.310 e. The zero-order valence-electron chi connectivity index (χ0n) is 30.2. The van der Waals surface area contributed by atoms with Crippen molar-refractivity contribution in [1.29, 1.82) is 0 Å². The van der Waals surface area contributed by atoms with Crippen LogP contribution in [-0.4, -0.2) is 9.13 Å². The molecule has 0 radical (unpaired) electrons. The summed E-state index contributed by atoms with van der Waals surface area (Å²) in [6, 6.07) is 54.0. The first-order valence-electron chi connectivity index (χ1n) is 18.3. The molecule has 250 valence electrons. The quantitative estimate of drug-likeness (QED) is 0.168. The number of fused-ring (bicyclic) bond motifs is 6. The van der Waals surface area contributed by atoms with Crippen LogP contribution >= 0.6 is 0 Å². The highest BCUT2D eigenvalue weighted by Crippen LogP contribution is 2.39. The number of allylic oxidation sites excluding steroid dienone is 1. The lowest BCUT2D eigenvalue weighted by atomic mass is 9.74. The van der Waals surface area contributed by atoms with Crippen molar-refractivity contribution < 1.29 is 0 Å². The second-order valence-electron chi connectivity index (χ2n) is 15.5. The fraction of sp³-hybridized carbons (Fsp3) is 0.184. The lowest BCUT2D eigenvalue weighted by Crippen LogP contribution is -2.21. The average molecular weight is 661 g/mol. The Morgan fingerprint density at radius 1 is 0.451 bits per heavy atom. The molecule has 1 unspecified atom stereocenters. The Bertz CT molecular complexity index is 2530. The van der Waals surface area contributed by atoms with Gasteiger partial charge in [-0.15, -0.1) is 0 Å². The summed E-state index contributed by atoms with van der Waals surface area (Å²) in [4.78, 5) is 0. The molecule has 6 aromatic carbocycles. The van der Waals surface area contributed by atoms with E-state index in [4.69, 9.17) is 0 Å². The molecule has 8 aromatic rings. The summed E-state index contributed by atoms with van der Waals surface area (Å²) in [6.07, 6.45) is 5.76. The first-order chi connectivity index (χ1) is 24.7. The van der Waals surface area contributed by atoms with E-state index in [0.717, 1.165) is 6.42 Å². The van der Waals surface area contributed by atoms with Crippen molar-refractivity contribution in [3.05, 3.63) is 185 Å². The largest absolute Gasteiger partial charge is 0.310 e. The summed E-state index contributed by atoms with van der Waals surface area (Å²) in [7, 11) is 0. The highest BCUT2D eigenvalue weighted by atomic mass is 15.0. The van der Waals surface area contributed by atoms with Crippen LogP contribution < -0.4 is 0 Å². The molecule has 2 nitrogen and oxygen atoms in total. The minimum atomic E-state index is -0.144. The molecule has 2 heterocycles. The first-order valence-corrected chi connectivity index (χ1v) is 18.3. The highest BCUT2D eigenvalue weighted by molar-refractivity contribution is 6.09. The Morgan fingerprint density at radius 2 is 0.824 bits per heavy atom. The molecule has 1 aliphatic rings. The van der Waals surface area contributed by atoms with Crippen LogP contribution in [-0.2, 0) is 17.3 Å². The number of aromatic nitrogens is 2. The van der Waals surface area contributed by atoms with E-state index in [1.165, 1.54) is 77.6 Å². The number of hydrogen-bond donors (Lipinski definition) is 0. The van der Waals surface area contributed by atoms with Gasteiger partial charge in [0.1, 0.15) is 0 Å². The molecule has 1 atom stereocenters. The monoisotopic (exact) mass is 660 g/mol.